The second-order valence-corrected chi connectivity index (χ2v) is 5.70. The Bertz CT molecular complexity index is 842. The Morgan fingerprint density at radius 3 is 2.44 bits per heavy atom. The number of rotatable bonds is 5. The molecule has 0 aliphatic carbocycles. The van der Waals surface area contributed by atoms with Crippen LogP contribution in [0.4, 0.5) is 10.5 Å². The zero-order chi connectivity index (χ0) is 18.6. The second-order valence-electron chi connectivity index (χ2n) is 5.70. The van der Waals surface area contributed by atoms with Gasteiger partial charge in [-0.2, -0.15) is 0 Å². The minimum atomic E-state index is -1.03. The largest absolute Gasteiger partial charge is 0.478 e. The summed E-state index contributed by atoms with van der Waals surface area (Å²) < 4.78 is 4.57. The van der Waals surface area contributed by atoms with Gasteiger partial charge in [-0.1, -0.05) is 12.1 Å². The Kier molecular flexibility index (Phi) is 5.54. The molecule has 0 radical (unpaired) electrons. The Hall–Kier alpha value is -3.15. The fourth-order valence-corrected chi connectivity index (χ4v) is 2.51. The molecule has 0 aliphatic rings. The average Bonchev–Trinajstić information content (AvgIpc) is 2.57. The summed E-state index contributed by atoms with van der Waals surface area (Å²) >= 11 is 0. The molecule has 1 amide bonds. The molecule has 0 unspecified atom stereocenters. The van der Waals surface area contributed by atoms with Crippen LogP contribution >= 0.6 is 0 Å². The topological polar surface area (TPSA) is 92.7 Å². The first-order valence-corrected chi connectivity index (χ1v) is 7.63. The summed E-state index contributed by atoms with van der Waals surface area (Å²) in [6.07, 6.45) is -0.474. The van der Waals surface area contributed by atoms with Crippen molar-refractivity contribution in [1.82, 2.24) is 0 Å². The highest BCUT2D eigenvalue weighted by Gasteiger charge is 2.14. The Morgan fingerprint density at radius 1 is 1.08 bits per heavy atom. The molecule has 0 bridgehead atoms. The quantitative estimate of drug-likeness (QED) is 0.811. The lowest BCUT2D eigenvalue weighted by molar-refractivity contribution is 0.0696. The van der Waals surface area contributed by atoms with Crippen molar-refractivity contribution in [2.45, 2.75) is 20.3 Å². The highest BCUT2D eigenvalue weighted by Crippen LogP contribution is 2.22. The lowest BCUT2D eigenvalue weighted by Gasteiger charge is -2.12. The van der Waals surface area contributed by atoms with Crippen molar-refractivity contribution in [2.75, 3.05) is 12.4 Å². The third-order valence-electron chi connectivity index (χ3n) is 3.83. The van der Waals surface area contributed by atoms with Crippen LogP contribution in [0.1, 0.15) is 37.4 Å². The number of hydrogen-bond acceptors (Lipinski definition) is 4. The number of anilines is 1. The van der Waals surface area contributed by atoms with Gasteiger partial charge in [0.15, 0.2) is 5.78 Å². The number of aryl methyl sites for hydroxylation is 2. The summed E-state index contributed by atoms with van der Waals surface area (Å²) in [6.45, 7) is 3.56. The van der Waals surface area contributed by atoms with Crippen LogP contribution in [-0.2, 0) is 11.2 Å². The number of Topliss-reactive ketones (excluding diaryl/α,β-unsaturated/α-hetero) is 1. The molecular weight excluding hydrogens is 322 g/mol. The van der Waals surface area contributed by atoms with Crippen molar-refractivity contribution in [3.8, 4) is 0 Å². The third-order valence-corrected chi connectivity index (χ3v) is 3.83. The van der Waals surface area contributed by atoms with E-state index < -0.39 is 12.1 Å². The van der Waals surface area contributed by atoms with Gasteiger partial charge in [0.05, 0.1) is 12.7 Å². The maximum atomic E-state index is 12.6. The molecule has 6 heteroatoms. The molecule has 0 aliphatic heterocycles. The number of carbonyl (C=O) groups excluding carboxylic acids is 2. The summed E-state index contributed by atoms with van der Waals surface area (Å²) in [6, 6.07) is 9.75. The number of carboxylic acids is 1. The van der Waals surface area contributed by atoms with Crippen LogP contribution in [0.5, 0.6) is 0 Å². The predicted octanol–water partition coefficient (Wildman–Crippen LogP) is 3.61. The lowest BCUT2D eigenvalue weighted by atomic mass is 9.96. The minimum Gasteiger partial charge on any atom is -0.478 e. The van der Waals surface area contributed by atoms with Crippen LogP contribution in [0.25, 0.3) is 0 Å². The highest BCUT2D eigenvalue weighted by molar-refractivity contribution is 6.00. The van der Waals surface area contributed by atoms with Gasteiger partial charge in [0.1, 0.15) is 0 Å². The molecule has 25 heavy (non-hydrogen) atoms. The number of ether oxygens (including phenoxy) is 1. The van der Waals surface area contributed by atoms with E-state index in [2.05, 4.69) is 10.1 Å². The van der Waals surface area contributed by atoms with Crippen molar-refractivity contribution >= 4 is 23.5 Å². The van der Waals surface area contributed by atoms with Gasteiger partial charge in [-0.3, -0.25) is 10.1 Å². The predicted molar refractivity (Wildman–Crippen MR) is 93.4 cm³/mol. The standard InChI is InChI=1S/C19H19NO5/c1-11-8-16(20-19(24)25-3)12(2)7-15(11)17(21)10-13-5-4-6-14(9-13)18(22)23/h4-9H,10H2,1-3H3,(H,20,24)(H,22,23). The van der Waals surface area contributed by atoms with Gasteiger partial charge in [-0.15, -0.1) is 0 Å². The van der Waals surface area contributed by atoms with Crippen LogP contribution in [0.2, 0.25) is 0 Å². The minimum absolute atomic E-state index is 0.102. The second kappa shape index (κ2) is 7.61. The molecule has 0 saturated carbocycles. The van der Waals surface area contributed by atoms with Crippen molar-refractivity contribution in [3.05, 3.63) is 64.2 Å². The average molecular weight is 341 g/mol. The molecule has 0 spiro atoms. The highest BCUT2D eigenvalue weighted by atomic mass is 16.5. The van der Waals surface area contributed by atoms with Gasteiger partial charge in [-0.25, -0.2) is 9.59 Å². The molecule has 2 aromatic carbocycles. The van der Waals surface area contributed by atoms with E-state index in [1.54, 1.807) is 38.1 Å². The van der Waals surface area contributed by atoms with Crippen molar-refractivity contribution in [2.24, 2.45) is 0 Å². The Morgan fingerprint density at radius 2 is 1.80 bits per heavy atom. The number of carbonyl (C=O) groups is 3. The smallest absolute Gasteiger partial charge is 0.411 e. The number of hydrogen-bond donors (Lipinski definition) is 2. The molecule has 2 N–H and O–H groups in total. The normalized spacial score (nSPS) is 10.2. The number of amides is 1. The van der Waals surface area contributed by atoms with E-state index >= 15 is 0 Å². The zero-order valence-corrected chi connectivity index (χ0v) is 14.3. The lowest BCUT2D eigenvalue weighted by Crippen LogP contribution is -2.13. The summed E-state index contributed by atoms with van der Waals surface area (Å²) in [5.41, 5.74) is 3.35. The number of methoxy groups -OCH3 is 1. The summed E-state index contributed by atoms with van der Waals surface area (Å²) in [7, 11) is 1.28. The van der Waals surface area contributed by atoms with Crippen LogP contribution < -0.4 is 5.32 Å². The molecule has 0 aromatic heterocycles. The molecular formula is C19H19NO5. The van der Waals surface area contributed by atoms with Crippen LogP contribution in [0.15, 0.2) is 36.4 Å². The van der Waals surface area contributed by atoms with E-state index in [-0.39, 0.29) is 17.8 Å². The summed E-state index contributed by atoms with van der Waals surface area (Å²) in [5.74, 6) is -1.15. The molecule has 2 aromatic rings. The number of aromatic carboxylic acids is 1. The van der Waals surface area contributed by atoms with E-state index in [1.807, 2.05) is 0 Å². The summed E-state index contributed by atoms with van der Waals surface area (Å²) in [5, 5.41) is 11.6. The molecule has 2 rings (SSSR count). The van der Waals surface area contributed by atoms with Gasteiger partial charge in [0.25, 0.3) is 0 Å². The first-order valence-electron chi connectivity index (χ1n) is 7.63. The van der Waals surface area contributed by atoms with E-state index in [0.717, 1.165) is 11.1 Å². The van der Waals surface area contributed by atoms with Crippen LogP contribution in [0, 0.1) is 13.8 Å². The SMILES string of the molecule is COC(=O)Nc1cc(C)c(C(=O)Cc2cccc(C(=O)O)c2)cc1C. The molecule has 0 atom stereocenters. The third kappa shape index (κ3) is 4.44. The van der Waals surface area contributed by atoms with Crippen LogP contribution in [0.3, 0.4) is 0 Å². The first-order chi connectivity index (χ1) is 11.8. The monoisotopic (exact) mass is 341 g/mol. The van der Waals surface area contributed by atoms with Gasteiger partial charge in [-0.05, 0) is 54.8 Å². The van der Waals surface area contributed by atoms with Crippen molar-refractivity contribution in [3.63, 3.8) is 0 Å². The van der Waals surface area contributed by atoms with E-state index in [1.165, 1.54) is 19.2 Å². The number of ketones is 1. The molecule has 130 valence electrons. The van der Waals surface area contributed by atoms with E-state index in [0.29, 0.717) is 16.8 Å². The number of nitrogens with one attached hydrogen (secondary N) is 1. The Labute approximate surface area is 145 Å². The van der Waals surface area contributed by atoms with Crippen LogP contribution in [-0.4, -0.2) is 30.1 Å². The maximum absolute atomic E-state index is 12.6. The first kappa shape index (κ1) is 18.2. The molecule has 6 nitrogen and oxygen atoms in total. The Balaban J connectivity index is 2.25. The fraction of sp³-hybridized carbons (Fsp3) is 0.211. The number of benzene rings is 2. The van der Waals surface area contributed by atoms with Gasteiger partial charge >= 0.3 is 12.1 Å². The molecule has 0 heterocycles. The van der Waals surface area contributed by atoms with Gasteiger partial charge in [0, 0.05) is 17.7 Å². The molecule has 0 fully saturated rings. The van der Waals surface area contributed by atoms with E-state index in [4.69, 9.17) is 5.11 Å². The van der Waals surface area contributed by atoms with E-state index in [9.17, 15) is 14.4 Å². The van der Waals surface area contributed by atoms with Gasteiger partial charge < -0.3 is 9.84 Å². The van der Waals surface area contributed by atoms with Crippen molar-refractivity contribution < 1.29 is 24.2 Å². The maximum Gasteiger partial charge on any atom is 0.411 e. The molecule has 0 saturated heterocycles. The zero-order valence-electron chi connectivity index (χ0n) is 14.3. The summed E-state index contributed by atoms with van der Waals surface area (Å²) in [4.78, 5) is 35.0. The number of carboxylic acid groups (broad SMARTS) is 1. The van der Waals surface area contributed by atoms with Gasteiger partial charge in [0.2, 0.25) is 0 Å². The fourth-order valence-electron chi connectivity index (χ4n) is 2.51. The van der Waals surface area contributed by atoms with Crippen molar-refractivity contribution in [1.29, 1.82) is 0 Å².